The van der Waals surface area contributed by atoms with Crippen LogP contribution in [0.4, 0.5) is 11.4 Å². The predicted octanol–water partition coefficient (Wildman–Crippen LogP) is 4.73. The van der Waals surface area contributed by atoms with Crippen LogP contribution in [0.5, 0.6) is 0 Å². The largest absolute Gasteiger partial charge is 0.376 e. The van der Waals surface area contributed by atoms with Crippen LogP contribution in [-0.2, 0) is 11.3 Å². The first-order valence-electron chi connectivity index (χ1n) is 12.4. The second-order valence-electron chi connectivity index (χ2n) is 9.04. The van der Waals surface area contributed by atoms with Gasteiger partial charge in [0.1, 0.15) is 0 Å². The smallest absolute Gasteiger partial charge is 0.251 e. The Morgan fingerprint density at radius 3 is 2.22 bits per heavy atom. The van der Waals surface area contributed by atoms with E-state index in [-0.39, 0.29) is 30.3 Å². The average Bonchev–Trinajstić information content (AvgIpc) is 2.92. The number of anilines is 2. The molecule has 36 heavy (non-hydrogen) atoms. The van der Waals surface area contributed by atoms with Gasteiger partial charge in [0, 0.05) is 35.1 Å². The van der Waals surface area contributed by atoms with Crippen molar-refractivity contribution < 1.29 is 14.4 Å². The van der Waals surface area contributed by atoms with Gasteiger partial charge in [-0.2, -0.15) is 0 Å². The van der Waals surface area contributed by atoms with E-state index in [0.717, 1.165) is 31.2 Å². The topological polar surface area (TPSA) is 99.3 Å². The van der Waals surface area contributed by atoms with Gasteiger partial charge in [0.25, 0.3) is 11.8 Å². The molecule has 1 fully saturated rings. The van der Waals surface area contributed by atoms with Gasteiger partial charge in [-0.1, -0.05) is 55.7 Å². The molecule has 3 aromatic carbocycles. The standard InChI is InChI=1S/C29H32N4O3/c34-27(20-30-26-13-7-10-23(18-26)29(36)33-24-11-5-2-6-12-24)32-25-16-14-22(15-17-25)28(35)31-19-21-8-3-1-4-9-21/h1,3-4,7-10,13-18,24,30H,2,5-6,11-12,19-20H2,(H,31,35)(H,32,34)(H,33,36). The molecule has 0 aromatic heterocycles. The van der Waals surface area contributed by atoms with Crippen LogP contribution in [0, 0.1) is 0 Å². The minimum absolute atomic E-state index is 0.0486. The molecule has 7 heteroatoms. The average molecular weight is 485 g/mol. The highest BCUT2D eigenvalue weighted by atomic mass is 16.2. The Bertz CT molecular complexity index is 1170. The molecule has 0 radical (unpaired) electrons. The maximum Gasteiger partial charge on any atom is 0.251 e. The third-order valence-corrected chi connectivity index (χ3v) is 6.24. The molecule has 0 heterocycles. The van der Waals surface area contributed by atoms with Gasteiger partial charge in [-0.15, -0.1) is 0 Å². The van der Waals surface area contributed by atoms with Crippen LogP contribution in [0.1, 0.15) is 58.4 Å². The minimum Gasteiger partial charge on any atom is -0.376 e. The normalized spacial score (nSPS) is 13.4. The summed E-state index contributed by atoms with van der Waals surface area (Å²) in [6, 6.07) is 23.9. The van der Waals surface area contributed by atoms with Crippen LogP contribution in [0.15, 0.2) is 78.9 Å². The predicted molar refractivity (Wildman–Crippen MR) is 142 cm³/mol. The fourth-order valence-corrected chi connectivity index (χ4v) is 4.26. The number of carbonyl (C=O) groups excluding carboxylic acids is 3. The zero-order valence-electron chi connectivity index (χ0n) is 20.3. The van der Waals surface area contributed by atoms with E-state index in [1.807, 2.05) is 36.4 Å². The van der Waals surface area contributed by atoms with Crippen LogP contribution < -0.4 is 21.3 Å². The fraction of sp³-hybridized carbons (Fsp3) is 0.276. The summed E-state index contributed by atoms with van der Waals surface area (Å²) in [5.41, 5.74) is 3.42. The lowest BCUT2D eigenvalue weighted by Crippen LogP contribution is -2.36. The lowest BCUT2D eigenvalue weighted by Gasteiger charge is -2.22. The highest BCUT2D eigenvalue weighted by molar-refractivity contribution is 5.97. The Hall–Kier alpha value is -4.13. The maximum atomic E-state index is 12.6. The van der Waals surface area contributed by atoms with E-state index in [1.165, 1.54) is 6.42 Å². The number of nitrogens with one attached hydrogen (secondary N) is 4. The summed E-state index contributed by atoms with van der Waals surface area (Å²) in [5, 5.41) is 11.9. The number of hydrogen-bond donors (Lipinski definition) is 4. The van der Waals surface area contributed by atoms with E-state index < -0.39 is 0 Å². The van der Waals surface area contributed by atoms with Crippen molar-refractivity contribution in [2.75, 3.05) is 17.2 Å². The van der Waals surface area contributed by atoms with Crippen molar-refractivity contribution in [3.63, 3.8) is 0 Å². The second kappa shape index (κ2) is 12.5. The second-order valence-corrected chi connectivity index (χ2v) is 9.04. The van der Waals surface area contributed by atoms with Crippen LogP contribution in [0.3, 0.4) is 0 Å². The summed E-state index contributed by atoms with van der Waals surface area (Å²) in [5.74, 6) is -0.484. The van der Waals surface area contributed by atoms with Gasteiger partial charge in [0.2, 0.25) is 5.91 Å². The molecule has 1 aliphatic rings. The summed E-state index contributed by atoms with van der Waals surface area (Å²) in [6.07, 6.45) is 5.62. The van der Waals surface area contributed by atoms with E-state index in [2.05, 4.69) is 21.3 Å². The molecule has 0 aliphatic heterocycles. The third kappa shape index (κ3) is 7.43. The van der Waals surface area contributed by atoms with Crippen molar-refractivity contribution in [1.82, 2.24) is 10.6 Å². The van der Waals surface area contributed by atoms with Gasteiger partial charge < -0.3 is 21.3 Å². The Kier molecular flexibility index (Phi) is 8.70. The molecule has 0 unspecified atom stereocenters. The summed E-state index contributed by atoms with van der Waals surface area (Å²) < 4.78 is 0. The van der Waals surface area contributed by atoms with Gasteiger partial charge >= 0.3 is 0 Å². The molecule has 7 nitrogen and oxygen atoms in total. The first kappa shape index (κ1) is 25.0. The van der Waals surface area contributed by atoms with E-state index in [0.29, 0.717) is 29.0 Å². The van der Waals surface area contributed by atoms with E-state index in [9.17, 15) is 14.4 Å². The molecule has 0 bridgehead atoms. The maximum absolute atomic E-state index is 12.6. The van der Waals surface area contributed by atoms with Crippen LogP contribution in [0.25, 0.3) is 0 Å². The van der Waals surface area contributed by atoms with Gasteiger partial charge in [-0.25, -0.2) is 0 Å². The van der Waals surface area contributed by atoms with Crippen molar-refractivity contribution in [1.29, 1.82) is 0 Å². The lowest BCUT2D eigenvalue weighted by atomic mass is 9.95. The monoisotopic (exact) mass is 484 g/mol. The minimum atomic E-state index is -0.228. The van der Waals surface area contributed by atoms with Gasteiger partial charge in [-0.3, -0.25) is 14.4 Å². The molecule has 3 aromatic rings. The molecule has 3 amide bonds. The molecular weight excluding hydrogens is 452 g/mol. The molecule has 1 saturated carbocycles. The Morgan fingerprint density at radius 2 is 1.47 bits per heavy atom. The molecule has 4 rings (SSSR count). The van der Waals surface area contributed by atoms with E-state index >= 15 is 0 Å². The molecule has 0 atom stereocenters. The number of carbonyl (C=O) groups is 3. The molecular formula is C29H32N4O3. The zero-order chi connectivity index (χ0) is 25.2. The van der Waals surface area contributed by atoms with Crippen molar-refractivity contribution in [2.24, 2.45) is 0 Å². The molecule has 186 valence electrons. The summed E-state index contributed by atoms with van der Waals surface area (Å²) >= 11 is 0. The molecule has 0 spiro atoms. The first-order chi connectivity index (χ1) is 17.6. The Morgan fingerprint density at radius 1 is 0.722 bits per heavy atom. The van der Waals surface area contributed by atoms with Crippen LogP contribution >= 0.6 is 0 Å². The fourth-order valence-electron chi connectivity index (χ4n) is 4.26. The molecule has 0 saturated heterocycles. The van der Waals surface area contributed by atoms with Gasteiger partial charge in [0.05, 0.1) is 6.54 Å². The molecule has 4 N–H and O–H groups in total. The third-order valence-electron chi connectivity index (χ3n) is 6.24. The quantitative estimate of drug-likeness (QED) is 0.353. The Balaban J connectivity index is 1.23. The first-order valence-corrected chi connectivity index (χ1v) is 12.4. The number of hydrogen-bond acceptors (Lipinski definition) is 4. The Labute approximate surface area is 211 Å². The van der Waals surface area contributed by atoms with Crippen molar-refractivity contribution in [2.45, 2.75) is 44.7 Å². The molecule has 1 aliphatic carbocycles. The lowest BCUT2D eigenvalue weighted by molar-refractivity contribution is -0.114. The van der Waals surface area contributed by atoms with Crippen LogP contribution in [-0.4, -0.2) is 30.3 Å². The summed E-state index contributed by atoms with van der Waals surface area (Å²) in [7, 11) is 0. The van der Waals surface area contributed by atoms with Crippen molar-refractivity contribution >= 4 is 29.1 Å². The number of rotatable bonds is 9. The number of benzene rings is 3. The van der Waals surface area contributed by atoms with Gasteiger partial charge in [-0.05, 0) is 60.9 Å². The highest BCUT2D eigenvalue weighted by Gasteiger charge is 2.17. The summed E-state index contributed by atoms with van der Waals surface area (Å²) in [6.45, 7) is 0.500. The van der Waals surface area contributed by atoms with Gasteiger partial charge in [0.15, 0.2) is 0 Å². The SMILES string of the molecule is O=C(CNc1cccc(C(=O)NC2CCCCC2)c1)Nc1ccc(C(=O)NCc2ccccc2)cc1. The van der Waals surface area contributed by atoms with Crippen molar-refractivity contribution in [3.05, 3.63) is 95.6 Å². The van der Waals surface area contributed by atoms with Crippen LogP contribution in [0.2, 0.25) is 0 Å². The highest BCUT2D eigenvalue weighted by Crippen LogP contribution is 2.18. The van der Waals surface area contributed by atoms with E-state index in [1.54, 1.807) is 42.5 Å². The zero-order valence-corrected chi connectivity index (χ0v) is 20.3. The van der Waals surface area contributed by atoms with E-state index in [4.69, 9.17) is 0 Å². The van der Waals surface area contributed by atoms with Crippen molar-refractivity contribution in [3.8, 4) is 0 Å². The number of amides is 3. The summed E-state index contributed by atoms with van der Waals surface area (Å²) in [4.78, 5) is 37.4.